The summed E-state index contributed by atoms with van der Waals surface area (Å²) >= 11 is 0. The van der Waals surface area contributed by atoms with Gasteiger partial charge in [0.25, 0.3) is 0 Å². The van der Waals surface area contributed by atoms with Crippen LogP contribution in [-0.4, -0.2) is 29.1 Å². The van der Waals surface area contributed by atoms with E-state index < -0.39 is 24.0 Å². The molecule has 0 radical (unpaired) electrons. The second-order valence-corrected chi connectivity index (χ2v) is 4.48. The first-order chi connectivity index (χ1) is 9.04. The number of carboxylic acid groups (broad SMARTS) is 1. The molecular weight excluding hydrogens is 244 g/mol. The van der Waals surface area contributed by atoms with Crippen LogP contribution in [-0.2, 0) is 16.0 Å². The molecule has 0 aliphatic heterocycles. The van der Waals surface area contributed by atoms with Gasteiger partial charge in [0.05, 0.1) is 6.04 Å². The third kappa shape index (κ3) is 5.09. The summed E-state index contributed by atoms with van der Waals surface area (Å²) in [5.41, 5.74) is 6.53. The Balaban J connectivity index is 2.64. The van der Waals surface area contributed by atoms with Gasteiger partial charge >= 0.3 is 5.97 Å². The zero-order valence-electron chi connectivity index (χ0n) is 11.0. The molecule has 19 heavy (non-hydrogen) atoms. The van der Waals surface area contributed by atoms with Crippen molar-refractivity contribution in [3.8, 4) is 0 Å². The lowest BCUT2D eigenvalue weighted by molar-refractivity contribution is -0.142. The highest BCUT2D eigenvalue weighted by atomic mass is 16.4. The Labute approximate surface area is 112 Å². The number of hydrogen-bond acceptors (Lipinski definition) is 3. The zero-order chi connectivity index (χ0) is 14.3. The van der Waals surface area contributed by atoms with Crippen LogP contribution in [0.4, 0.5) is 0 Å². The maximum atomic E-state index is 11.7. The Bertz CT molecular complexity index is 420. The van der Waals surface area contributed by atoms with Crippen molar-refractivity contribution in [2.75, 3.05) is 0 Å². The van der Waals surface area contributed by atoms with Crippen LogP contribution in [0, 0.1) is 0 Å². The van der Waals surface area contributed by atoms with Gasteiger partial charge in [-0.15, -0.1) is 0 Å². The van der Waals surface area contributed by atoms with E-state index in [0.717, 1.165) is 12.0 Å². The molecule has 0 saturated carbocycles. The number of aliphatic carboxylic acids is 1. The fourth-order valence-electron chi connectivity index (χ4n) is 1.77. The third-order valence-corrected chi connectivity index (χ3v) is 2.83. The number of rotatable bonds is 7. The predicted octanol–water partition coefficient (Wildman–Crippen LogP) is 0.926. The maximum Gasteiger partial charge on any atom is 0.326 e. The van der Waals surface area contributed by atoms with Crippen molar-refractivity contribution in [1.29, 1.82) is 0 Å². The SMILES string of the molecule is CCC[C@H](N)C(=O)NC(Cc1ccccc1)C(=O)O. The Kier molecular flexibility index (Phi) is 6.02. The molecule has 1 amide bonds. The maximum absolute atomic E-state index is 11.7. The second-order valence-electron chi connectivity index (χ2n) is 4.48. The van der Waals surface area contributed by atoms with E-state index in [0.29, 0.717) is 6.42 Å². The molecule has 5 nitrogen and oxygen atoms in total. The molecule has 1 rings (SSSR count). The minimum absolute atomic E-state index is 0.251. The first-order valence-electron chi connectivity index (χ1n) is 6.37. The summed E-state index contributed by atoms with van der Waals surface area (Å²) < 4.78 is 0. The molecule has 1 aromatic rings. The lowest BCUT2D eigenvalue weighted by Crippen LogP contribution is -2.49. The number of carbonyl (C=O) groups excluding carboxylic acids is 1. The van der Waals surface area contributed by atoms with Crippen molar-refractivity contribution in [2.45, 2.75) is 38.3 Å². The molecule has 4 N–H and O–H groups in total. The van der Waals surface area contributed by atoms with E-state index in [9.17, 15) is 9.59 Å². The molecule has 1 aromatic carbocycles. The normalized spacial score (nSPS) is 13.6. The largest absolute Gasteiger partial charge is 0.480 e. The molecule has 1 unspecified atom stereocenters. The predicted molar refractivity (Wildman–Crippen MR) is 72.6 cm³/mol. The first kappa shape index (κ1) is 15.2. The lowest BCUT2D eigenvalue weighted by Gasteiger charge is -2.17. The first-order valence-corrected chi connectivity index (χ1v) is 6.37. The van der Waals surface area contributed by atoms with Gasteiger partial charge in [-0.3, -0.25) is 4.79 Å². The van der Waals surface area contributed by atoms with Crippen LogP contribution in [0.5, 0.6) is 0 Å². The number of hydrogen-bond donors (Lipinski definition) is 3. The van der Waals surface area contributed by atoms with E-state index in [1.54, 1.807) is 0 Å². The summed E-state index contributed by atoms with van der Waals surface area (Å²) in [6, 6.07) is 7.58. The molecule has 0 fully saturated rings. The van der Waals surface area contributed by atoms with Crippen molar-refractivity contribution in [1.82, 2.24) is 5.32 Å². The van der Waals surface area contributed by atoms with Gasteiger partial charge in [0.1, 0.15) is 6.04 Å². The van der Waals surface area contributed by atoms with Crippen molar-refractivity contribution in [3.63, 3.8) is 0 Å². The fourth-order valence-corrected chi connectivity index (χ4v) is 1.77. The summed E-state index contributed by atoms with van der Waals surface area (Å²) in [5, 5.41) is 11.6. The van der Waals surface area contributed by atoms with Crippen LogP contribution < -0.4 is 11.1 Å². The van der Waals surface area contributed by atoms with Crippen molar-refractivity contribution in [2.24, 2.45) is 5.73 Å². The number of benzene rings is 1. The van der Waals surface area contributed by atoms with Crippen LogP contribution in [0.15, 0.2) is 30.3 Å². The van der Waals surface area contributed by atoms with Gasteiger partial charge in [-0.2, -0.15) is 0 Å². The molecule has 0 aromatic heterocycles. The van der Waals surface area contributed by atoms with Crippen molar-refractivity contribution < 1.29 is 14.7 Å². The monoisotopic (exact) mass is 264 g/mol. The lowest BCUT2D eigenvalue weighted by atomic mass is 10.1. The summed E-state index contributed by atoms with van der Waals surface area (Å²) in [6.07, 6.45) is 1.58. The second kappa shape index (κ2) is 7.53. The Morgan fingerprint density at radius 1 is 1.32 bits per heavy atom. The van der Waals surface area contributed by atoms with Crippen LogP contribution in [0.25, 0.3) is 0 Å². The van der Waals surface area contributed by atoms with Gasteiger partial charge in [-0.25, -0.2) is 4.79 Å². The molecule has 104 valence electrons. The molecule has 2 atom stereocenters. The van der Waals surface area contributed by atoms with Crippen molar-refractivity contribution in [3.05, 3.63) is 35.9 Å². The number of carboxylic acids is 1. The highest BCUT2D eigenvalue weighted by Gasteiger charge is 2.22. The quantitative estimate of drug-likeness (QED) is 0.683. The molecule has 0 aliphatic carbocycles. The van der Waals surface area contributed by atoms with Gasteiger partial charge in [-0.05, 0) is 12.0 Å². The standard InChI is InChI=1S/C14H20N2O3/c1-2-6-11(15)13(17)16-12(14(18)19)9-10-7-4-3-5-8-10/h3-5,7-8,11-12H,2,6,9,15H2,1H3,(H,16,17)(H,18,19)/t11-,12?/m0/s1. The van der Waals surface area contributed by atoms with Crippen LogP contribution in [0.1, 0.15) is 25.3 Å². The number of amides is 1. The highest BCUT2D eigenvalue weighted by molar-refractivity contribution is 5.86. The minimum atomic E-state index is -1.05. The molecule has 0 spiro atoms. The summed E-state index contributed by atoms with van der Waals surface area (Å²) in [4.78, 5) is 22.9. The third-order valence-electron chi connectivity index (χ3n) is 2.83. The molecular formula is C14H20N2O3. The van der Waals surface area contributed by atoms with E-state index in [1.807, 2.05) is 37.3 Å². The van der Waals surface area contributed by atoms with E-state index >= 15 is 0 Å². The highest BCUT2D eigenvalue weighted by Crippen LogP contribution is 2.04. The number of nitrogens with two attached hydrogens (primary N) is 1. The summed E-state index contributed by atoms with van der Waals surface area (Å²) in [6.45, 7) is 1.92. The van der Waals surface area contributed by atoms with E-state index in [-0.39, 0.29) is 6.42 Å². The van der Waals surface area contributed by atoms with Crippen LogP contribution in [0.3, 0.4) is 0 Å². The van der Waals surface area contributed by atoms with Crippen LogP contribution >= 0.6 is 0 Å². The Morgan fingerprint density at radius 3 is 2.47 bits per heavy atom. The van der Waals surface area contributed by atoms with Crippen LogP contribution in [0.2, 0.25) is 0 Å². The topological polar surface area (TPSA) is 92.4 Å². The van der Waals surface area contributed by atoms with Gasteiger partial charge in [0.2, 0.25) is 5.91 Å². The van der Waals surface area contributed by atoms with E-state index in [2.05, 4.69) is 5.32 Å². The zero-order valence-corrected chi connectivity index (χ0v) is 11.0. The Morgan fingerprint density at radius 2 is 1.95 bits per heavy atom. The fraction of sp³-hybridized carbons (Fsp3) is 0.429. The summed E-state index contributed by atoms with van der Waals surface area (Å²) in [7, 11) is 0. The molecule has 0 saturated heterocycles. The van der Waals surface area contributed by atoms with E-state index in [1.165, 1.54) is 0 Å². The van der Waals surface area contributed by atoms with Gasteiger partial charge in [0.15, 0.2) is 0 Å². The average molecular weight is 264 g/mol. The smallest absolute Gasteiger partial charge is 0.326 e. The molecule has 5 heteroatoms. The number of carbonyl (C=O) groups is 2. The minimum Gasteiger partial charge on any atom is -0.480 e. The summed E-state index contributed by atoms with van der Waals surface area (Å²) in [5.74, 6) is -1.47. The average Bonchev–Trinajstić information content (AvgIpc) is 2.39. The van der Waals surface area contributed by atoms with Gasteiger partial charge in [-0.1, -0.05) is 43.7 Å². The Hall–Kier alpha value is -1.88. The molecule has 0 aliphatic rings. The van der Waals surface area contributed by atoms with E-state index in [4.69, 9.17) is 10.8 Å². The number of nitrogens with one attached hydrogen (secondary N) is 1. The van der Waals surface area contributed by atoms with Crippen molar-refractivity contribution >= 4 is 11.9 Å². The van der Waals surface area contributed by atoms with Gasteiger partial charge < -0.3 is 16.2 Å². The molecule has 0 heterocycles. The molecule has 0 bridgehead atoms. The van der Waals surface area contributed by atoms with Gasteiger partial charge in [0, 0.05) is 6.42 Å².